The van der Waals surface area contributed by atoms with Crippen LogP contribution < -0.4 is 0 Å². The molecule has 1 aliphatic carbocycles. The Hall–Kier alpha value is -5.20. The van der Waals surface area contributed by atoms with Gasteiger partial charge < -0.3 is 0 Å². The minimum absolute atomic E-state index is 0.626. The van der Waals surface area contributed by atoms with Crippen molar-refractivity contribution in [2.24, 2.45) is 11.8 Å². The van der Waals surface area contributed by atoms with Gasteiger partial charge in [0.1, 0.15) is 0 Å². The second-order valence-electron chi connectivity index (χ2n) is 13.4. The van der Waals surface area contributed by atoms with Gasteiger partial charge in [0.05, 0.1) is 0 Å². The van der Waals surface area contributed by atoms with Crippen molar-refractivity contribution >= 4 is 37.9 Å². The highest BCUT2D eigenvalue weighted by Gasteiger charge is 2.22. The largest absolute Gasteiger partial charge is 0.0761 e. The number of hydrogen-bond acceptors (Lipinski definition) is 0. The first-order valence-electron chi connectivity index (χ1n) is 17.7. The second kappa shape index (κ2) is 12.8. The Morgan fingerprint density at radius 3 is 1.62 bits per heavy atom. The van der Waals surface area contributed by atoms with Gasteiger partial charge in [-0.25, -0.2) is 0 Å². The van der Waals surface area contributed by atoms with Crippen LogP contribution in [0.2, 0.25) is 0 Å². The highest BCUT2D eigenvalue weighted by atomic mass is 14.3. The minimum Gasteiger partial charge on any atom is -0.0761 e. The topological polar surface area (TPSA) is 0 Å². The lowest BCUT2D eigenvalue weighted by Crippen LogP contribution is -2.13. The molecule has 0 bridgehead atoms. The van der Waals surface area contributed by atoms with Crippen molar-refractivity contribution in [1.29, 1.82) is 0 Å². The van der Waals surface area contributed by atoms with Crippen LogP contribution in [0.1, 0.15) is 45.6 Å². The van der Waals surface area contributed by atoms with Gasteiger partial charge in [0.25, 0.3) is 0 Å². The zero-order valence-electron chi connectivity index (χ0n) is 28.2. The Balaban J connectivity index is 1.30. The summed E-state index contributed by atoms with van der Waals surface area (Å²) < 4.78 is 0. The van der Waals surface area contributed by atoms with Crippen LogP contribution in [0, 0.1) is 11.8 Å². The molecule has 1 aliphatic rings. The third kappa shape index (κ3) is 5.17. The molecule has 0 amide bonds. The molecule has 0 radical (unpaired) electrons. The van der Waals surface area contributed by atoms with Crippen LogP contribution in [0.25, 0.3) is 71.3 Å². The van der Waals surface area contributed by atoms with Gasteiger partial charge in [0.2, 0.25) is 0 Å². The minimum atomic E-state index is 0.626. The van der Waals surface area contributed by atoms with E-state index in [4.69, 9.17) is 0 Å². The molecule has 0 fully saturated rings. The molecule has 0 heterocycles. The molecule has 0 aromatic heterocycles. The van der Waals surface area contributed by atoms with Crippen LogP contribution in [0.3, 0.4) is 0 Å². The zero-order chi connectivity index (χ0) is 32.6. The molecule has 0 saturated heterocycles. The first-order valence-corrected chi connectivity index (χ1v) is 17.7. The maximum Gasteiger partial charge on any atom is -0.00201 e. The van der Waals surface area contributed by atoms with E-state index in [9.17, 15) is 0 Å². The summed E-state index contributed by atoms with van der Waals surface area (Å²) in [5, 5.41) is 7.71. The van der Waals surface area contributed by atoms with Gasteiger partial charge >= 0.3 is 0 Å². The molecule has 8 rings (SSSR count). The van der Waals surface area contributed by atoms with Gasteiger partial charge in [-0.15, -0.1) is 0 Å². The van der Waals surface area contributed by atoms with Crippen LogP contribution in [-0.2, 0) is 0 Å². The first kappa shape index (κ1) is 30.2. The highest BCUT2D eigenvalue weighted by Crippen LogP contribution is 2.46. The lowest BCUT2D eigenvalue weighted by molar-refractivity contribution is 0.499. The molecule has 0 saturated carbocycles. The summed E-state index contributed by atoms with van der Waals surface area (Å²) in [4.78, 5) is 0. The fourth-order valence-electron chi connectivity index (χ4n) is 8.10. The van der Waals surface area contributed by atoms with E-state index in [1.807, 2.05) is 0 Å². The molecule has 0 aliphatic heterocycles. The Kier molecular flexibility index (Phi) is 8.03. The average molecular weight is 619 g/mol. The number of rotatable bonds is 7. The van der Waals surface area contributed by atoms with Crippen molar-refractivity contribution in [2.75, 3.05) is 0 Å². The molecular weight excluding hydrogens is 577 g/mol. The van der Waals surface area contributed by atoms with Gasteiger partial charge in [0, 0.05) is 0 Å². The van der Waals surface area contributed by atoms with E-state index in [0.717, 1.165) is 6.42 Å². The molecule has 48 heavy (non-hydrogen) atoms. The van der Waals surface area contributed by atoms with E-state index in [1.54, 1.807) is 5.57 Å². The average Bonchev–Trinajstić information content (AvgIpc) is 3.16. The lowest BCUT2D eigenvalue weighted by atomic mass is 9.78. The Morgan fingerprint density at radius 2 is 1.02 bits per heavy atom. The number of benzene rings is 7. The van der Waals surface area contributed by atoms with E-state index in [1.165, 1.54) is 89.7 Å². The molecule has 0 spiro atoms. The molecule has 1 unspecified atom stereocenters. The molecule has 0 N–H and O–H groups in total. The molecule has 0 nitrogen and oxygen atoms in total. The maximum atomic E-state index is 2.49. The van der Waals surface area contributed by atoms with Crippen molar-refractivity contribution in [3.05, 3.63) is 163 Å². The Bertz CT molecular complexity index is 2280. The first-order chi connectivity index (χ1) is 23.7. The highest BCUT2D eigenvalue weighted by molar-refractivity contribution is 6.24. The summed E-state index contributed by atoms with van der Waals surface area (Å²) in [7, 11) is 0. The molecule has 7 aromatic rings. The SMILES string of the molecule is CCC1CC=C(c2ccc(-c3c4ccccc4c(-c4cccc5c(-c6ccccc6)cccc45)c4ccccc34)cc2)C=C1[C@H](C)CC. The summed E-state index contributed by atoms with van der Waals surface area (Å²) in [6.45, 7) is 7.03. The van der Waals surface area contributed by atoms with Gasteiger partial charge in [-0.1, -0.05) is 178 Å². The predicted molar refractivity (Wildman–Crippen MR) is 209 cm³/mol. The van der Waals surface area contributed by atoms with E-state index < -0.39 is 0 Å². The second-order valence-corrected chi connectivity index (χ2v) is 13.4. The van der Waals surface area contributed by atoms with E-state index in [-0.39, 0.29) is 0 Å². The van der Waals surface area contributed by atoms with E-state index in [2.05, 4.69) is 172 Å². The van der Waals surface area contributed by atoms with Crippen molar-refractivity contribution in [1.82, 2.24) is 0 Å². The number of allylic oxidation sites excluding steroid dienone is 4. The fourth-order valence-corrected chi connectivity index (χ4v) is 8.10. The van der Waals surface area contributed by atoms with Gasteiger partial charge in [-0.2, -0.15) is 0 Å². The summed E-state index contributed by atoms with van der Waals surface area (Å²) >= 11 is 0. The van der Waals surface area contributed by atoms with Gasteiger partial charge in [-0.3, -0.25) is 0 Å². The van der Waals surface area contributed by atoms with Crippen molar-refractivity contribution in [2.45, 2.75) is 40.0 Å². The quantitative estimate of drug-likeness (QED) is 0.156. The summed E-state index contributed by atoms with van der Waals surface area (Å²) in [5.74, 6) is 1.30. The number of hydrogen-bond donors (Lipinski definition) is 0. The normalized spacial score (nSPS) is 15.4. The van der Waals surface area contributed by atoms with Crippen LogP contribution >= 0.6 is 0 Å². The van der Waals surface area contributed by atoms with E-state index >= 15 is 0 Å². The van der Waals surface area contributed by atoms with Crippen LogP contribution in [0.15, 0.2) is 157 Å². The maximum absolute atomic E-state index is 2.49. The lowest BCUT2D eigenvalue weighted by Gasteiger charge is -2.27. The van der Waals surface area contributed by atoms with Crippen LogP contribution in [0.5, 0.6) is 0 Å². The Labute approximate surface area is 285 Å². The predicted octanol–water partition coefficient (Wildman–Crippen LogP) is 13.9. The summed E-state index contributed by atoms with van der Waals surface area (Å²) in [5.41, 5.74) is 12.0. The number of fused-ring (bicyclic) bond motifs is 3. The Morgan fingerprint density at radius 1 is 0.500 bits per heavy atom. The van der Waals surface area contributed by atoms with E-state index in [0.29, 0.717) is 11.8 Å². The van der Waals surface area contributed by atoms with Gasteiger partial charge in [0.15, 0.2) is 0 Å². The fraction of sp³-hybridized carbons (Fsp3) is 0.167. The molecule has 2 atom stereocenters. The van der Waals surface area contributed by atoms with Crippen molar-refractivity contribution < 1.29 is 0 Å². The molecular formula is C48H42. The monoisotopic (exact) mass is 618 g/mol. The van der Waals surface area contributed by atoms with Crippen molar-refractivity contribution in [3.63, 3.8) is 0 Å². The molecule has 0 heteroatoms. The standard InChI is InChI=1S/C48H42/c1-4-32(3)46-31-37(30-25-33(46)5-2)34-26-28-36(29-27-34)47-42-17-9-11-19-44(42)48(45-20-12-10-18-43(45)47)41-24-14-22-39-38(21-13-23-40(39)41)35-15-7-6-8-16-35/h6-24,26-33H,4-5,25H2,1-3H3/t32-,33?/m1/s1. The molecule has 234 valence electrons. The van der Waals surface area contributed by atoms with Crippen molar-refractivity contribution in [3.8, 4) is 33.4 Å². The smallest absolute Gasteiger partial charge is 0.00201 e. The van der Waals surface area contributed by atoms with Crippen LogP contribution in [-0.4, -0.2) is 0 Å². The summed E-state index contributed by atoms with van der Waals surface area (Å²) in [6, 6.07) is 51.7. The molecule has 7 aromatic carbocycles. The zero-order valence-corrected chi connectivity index (χ0v) is 28.2. The summed E-state index contributed by atoms with van der Waals surface area (Å²) in [6.07, 6.45) is 8.50. The van der Waals surface area contributed by atoms with Gasteiger partial charge in [-0.05, 0) is 108 Å². The van der Waals surface area contributed by atoms with Crippen LogP contribution in [0.4, 0.5) is 0 Å². The third-order valence-corrected chi connectivity index (χ3v) is 10.8. The third-order valence-electron chi connectivity index (χ3n) is 10.8.